The van der Waals surface area contributed by atoms with Crippen molar-refractivity contribution < 1.29 is 19.1 Å². The molecule has 6 nitrogen and oxygen atoms in total. The van der Waals surface area contributed by atoms with Gasteiger partial charge in [-0.15, -0.1) is 0 Å². The lowest BCUT2D eigenvalue weighted by Crippen LogP contribution is -2.54. The molecule has 1 saturated carbocycles. The molecule has 152 valence electrons. The third-order valence-electron chi connectivity index (χ3n) is 7.31. The quantitative estimate of drug-likeness (QED) is 0.783. The minimum Gasteiger partial charge on any atom is -0.497 e. The summed E-state index contributed by atoms with van der Waals surface area (Å²) in [5.41, 5.74) is 1.76. The number of piperidine rings is 1. The molecule has 3 heterocycles. The molecule has 3 unspecified atom stereocenters. The molecule has 0 aromatic heterocycles. The Morgan fingerprint density at radius 3 is 2.79 bits per heavy atom. The Hall–Kier alpha value is -2.63. The van der Waals surface area contributed by atoms with Crippen LogP contribution in [0.5, 0.6) is 5.75 Å². The van der Waals surface area contributed by atoms with E-state index < -0.39 is 17.3 Å². The number of rotatable bonds is 2. The van der Waals surface area contributed by atoms with E-state index >= 15 is 0 Å². The molecule has 29 heavy (non-hydrogen) atoms. The molecule has 1 N–H and O–H groups in total. The van der Waals surface area contributed by atoms with Gasteiger partial charge in [0.25, 0.3) is 0 Å². The van der Waals surface area contributed by atoms with Crippen molar-refractivity contribution >= 4 is 23.3 Å². The normalized spacial score (nSPS) is 34.7. The molecule has 1 aliphatic carbocycles. The molecule has 2 amide bonds. The number of hydrogen-bond acceptors (Lipinski definition) is 4. The van der Waals surface area contributed by atoms with Crippen molar-refractivity contribution in [1.82, 2.24) is 4.90 Å². The lowest BCUT2D eigenvalue weighted by Gasteiger charge is -2.37. The second kappa shape index (κ2) is 6.18. The predicted octanol–water partition coefficient (Wildman–Crippen LogP) is 2.68. The van der Waals surface area contributed by atoms with Gasteiger partial charge in [-0.05, 0) is 44.7 Å². The summed E-state index contributed by atoms with van der Waals surface area (Å²) in [6.45, 7) is 4.62. The molecular formula is C23H26N2O4. The van der Waals surface area contributed by atoms with Crippen LogP contribution in [-0.2, 0) is 19.8 Å². The van der Waals surface area contributed by atoms with E-state index in [9.17, 15) is 14.4 Å². The maximum absolute atomic E-state index is 13.5. The van der Waals surface area contributed by atoms with Crippen LogP contribution in [0.25, 0.3) is 0 Å². The van der Waals surface area contributed by atoms with Crippen LogP contribution in [0.4, 0.5) is 5.69 Å². The van der Waals surface area contributed by atoms with Crippen molar-refractivity contribution in [2.24, 2.45) is 17.8 Å². The third kappa shape index (κ3) is 2.31. The van der Waals surface area contributed by atoms with Crippen molar-refractivity contribution in [2.45, 2.75) is 44.6 Å². The average Bonchev–Trinajstić information content (AvgIpc) is 3.36. The molecule has 6 heteroatoms. The SMILES string of the molecule is COc1ccc2c(c1)NC(=O)[C@@]21CC2C(=O)N3CCCC3C(=O)C2[C@H]1C=C(C)C. The minimum atomic E-state index is -0.890. The van der Waals surface area contributed by atoms with E-state index in [1.165, 1.54) is 0 Å². The number of amides is 2. The number of benzene rings is 1. The zero-order valence-electron chi connectivity index (χ0n) is 17.0. The van der Waals surface area contributed by atoms with Crippen molar-refractivity contribution in [3.05, 3.63) is 35.4 Å². The minimum absolute atomic E-state index is 0.0518. The number of ether oxygens (including phenoxy) is 1. The van der Waals surface area contributed by atoms with Crippen molar-refractivity contribution in [3.8, 4) is 5.75 Å². The Morgan fingerprint density at radius 2 is 2.07 bits per heavy atom. The van der Waals surface area contributed by atoms with Gasteiger partial charge in [-0.25, -0.2) is 0 Å². The molecule has 1 aromatic rings. The van der Waals surface area contributed by atoms with Crippen LogP contribution in [0.2, 0.25) is 0 Å². The number of carbonyl (C=O) groups is 3. The van der Waals surface area contributed by atoms with E-state index in [1.54, 1.807) is 12.0 Å². The highest BCUT2D eigenvalue weighted by Crippen LogP contribution is 2.60. The fourth-order valence-corrected chi connectivity index (χ4v) is 6.18. The van der Waals surface area contributed by atoms with Gasteiger partial charge >= 0.3 is 0 Å². The molecule has 1 aromatic carbocycles. The Morgan fingerprint density at radius 1 is 1.28 bits per heavy atom. The van der Waals surface area contributed by atoms with Crippen LogP contribution in [0.3, 0.4) is 0 Å². The monoisotopic (exact) mass is 394 g/mol. The number of Topliss-reactive ketones (excluding diaryl/α,β-unsaturated/α-hetero) is 1. The molecule has 0 radical (unpaired) electrons. The third-order valence-corrected chi connectivity index (χ3v) is 7.31. The Labute approximate surface area is 170 Å². The van der Waals surface area contributed by atoms with Gasteiger partial charge in [-0.1, -0.05) is 17.7 Å². The molecule has 2 saturated heterocycles. The summed E-state index contributed by atoms with van der Waals surface area (Å²) in [5, 5.41) is 3.01. The van der Waals surface area contributed by atoms with Gasteiger partial charge < -0.3 is 15.0 Å². The van der Waals surface area contributed by atoms with Crippen molar-refractivity contribution in [1.29, 1.82) is 0 Å². The first-order valence-corrected chi connectivity index (χ1v) is 10.4. The predicted molar refractivity (Wildman–Crippen MR) is 108 cm³/mol. The molecule has 4 aliphatic rings. The Bertz CT molecular complexity index is 964. The zero-order valence-corrected chi connectivity index (χ0v) is 17.0. The highest BCUT2D eigenvalue weighted by atomic mass is 16.5. The van der Waals surface area contributed by atoms with Gasteiger partial charge in [-0.2, -0.15) is 0 Å². The summed E-state index contributed by atoms with van der Waals surface area (Å²) in [7, 11) is 1.59. The number of fused-ring (bicyclic) bond motifs is 4. The maximum Gasteiger partial charge on any atom is 0.235 e. The van der Waals surface area contributed by atoms with Crippen molar-refractivity contribution in [3.63, 3.8) is 0 Å². The number of methoxy groups -OCH3 is 1. The lowest BCUT2D eigenvalue weighted by molar-refractivity contribution is -0.152. The van der Waals surface area contributed by atoms with E-state index in [0.717, 1.165) is 29.7 Å². The van der Waals surface area contributed by atoms with Gasteiger partial charge in [0.1, 0.15) is 5.75 Å². The van der Waals surface area contributed by atoms with E-state index in [0.29, 0.717) is 18.7 Å². The highest BCUT2D eigenvalue weighted by Gasteiger charge is 2.67. The molecule has 5 atom stereocenters. The summed E-state index contributed by atoms with van der Waals surface area (Å²) in [5.74, 6) is -0.434. The van der Waals surface area contributed by atoms with Gasteiger partial charge in [-0.3, -0.25) is 14.4 Å². The van der Waals surface area contributed by atoms with Crippen LogP contribution in [0, 0.1) is 17.8 Å². The number of ketones is 1. The van der Waals surface area contributed by atoms with Crippen LogP contribution < -0.4 is 10.1 Å². The molecule has 3 aliphatic heterocycles. The van der Waals surface area contributed by atoms with E-state index in [2.05, 4.69) is 11.4 Å². The first kappa shape index (κ1) is 18.4. The van der Waals surface area contributed by atoms with E-state index in [1.807, 2.05) is 32.0 Å². The van der Waals surface area contributed by atoms with Gasteiger partial charge in [0.2, 0.25) is 11.8 Å². The Kier molecular flexibility index (Phi) is 3.92. The van der Waals surface area contributed by atoms with Crippen LogP contribution in [0.1, 0.15) is 38.7 Å². The number of nitrogens with zero attached hydrogens (tertiary/aromatic N) is 1. The number of allylic oxidation sites excluding steroid dienone is 2. The molecule has 0 bridgehead atoms. The largest absolute Gasteiger partial charge is 0.497 e. The van der Waals surface area contributed by atoms with Crippen LogP contribution >= 0.6 is 0 Å². The van der Waals surface area contributed by atoms with Gasteiger partial charge in [0, 0.05) is 36.1 Å². The first-order chi connectivity index (χ1) is 13.9. The van der Waals surface area contributed by atoms with E-state index in [-0.39, 0.29) is 29.6 Å². The summed E-state index contributed by atoms with van der Waals surface area (Å²) >= 11 is 0. The summed E-state index contributed by atoms with van der Waals surface area (Å²) in [4.78, 5) is 42.0. The molecule has 1 spiro atoms. The molecule has 3 fully saturated rings. The average molecular weight is 394 g/mol. The van der Waals surface area contributed by atoms with Gasteiger partial charge in [0.15, 0.2) is 5.78 Å². The second-order valence-electron chi connectivity index (χ2n) is 9.04. The first-order valence-electron chi connectivity index (χ1n) is 10.4. The van der Waals surface area contributed by atoms with Crippen LogP contribution in [0.15, 0.2) is 29.8 Å². The number of carbonyl (C=O) groups excluding carboxylic acids is 3. The number of nitrogens with one attached hydrogen (secondary N) is 1. The van der Waals surface area contributed by atoms with Crippen LogP contribution in [-0.4, -0.2) is 42.2 Å². The topological polar surface area (TPSA) is 75.7 Å². The maximum atomic E-state index is 13.5. The van der Waals surface area contributed by atoms with E-state index in [4.69, 9.17) is 4.74 Å². The number of hydrogen-bond donors (Lipinski definition) is 1. The lowest BCUT2D eigenvalue weighted by atomic mass is 9.69. The summed E-state index contributed by atoms with van der Waals surface area (Å²) in [6, 6.07) is 5.29. The summed E-state index contributed by atoms with van der Waals surface area (Å²) < 4.78 is 5.32. The second-order valence-corrected chi connectivity index (χ2v) is 9.04. The zero-order chi connectivity index (χ0) is 20.5. The molecule has 5 rings (SSSR count). The summed E-state index contributed by atoms with van der Waals surface area (Å²) in [6.07, 6.45) is 4.05. The number of anilines is 1. The van der Waals surface area contributed by atoms with Gasteiger partial charge in [0.05, 0.1) is 18.6 Å². The fourth-order valence-electron chi connectivity index (χ4n) is 6.18. The fraction of sp³-hybridized carbons (Fsp3) is 0.522. The smallest absolute Gasteiger partial charge is 0.235 e. The standard InChI is InChI=1S/C23H26N2O4/c1-12(2)9-16-19-14(21(27)25-8-4-5-18(25)20(19)26)11-23(16)15-7-6-13(29-3)10-17(15)24-22(23)28/h6-7,9-10,14,16,18-19H,4-5,8,11H2,1-3H3,(H,24,28)/t14?,16-,18?,19?,23+/m1/s1. The highest BCUT2D eigenvalue weighted by molar-refractivity contribution is 6.10. The Balaban J connectivity index is 1.69. The van der Waals surface area contributed by atoms with Crippen molar-refractivity contribution in [2.75, 3.05) is 19.0 Å². The molecular weight excluding hydrogens is 368 g/mol.